The molecule has 0 spiro atoms. The molecule has 0 saturated carbocycles. The highest BCUT2D eigenvalue weighted by molar-refractivity contribution is 4.71. The van der Waals surface area contributed by atoms with E-state index in [-0.39, 0.29) is 6.61 Å². The maximum absolute atomic E-state index is 9.38. The Morgan fingerprint density at radius 1 is 1.42 bits per heavy atom. The molecule has 0 rings (SSSR count). The van der Waals surface area contributed by atoms with E-state index >= 15 is 0 Å². The van der Waals surface area contributed by atoms with Gasteiger partial charge in [0.25, 0.3) is 0 Å². The van der Waals surface area contributed by atoms with Gasteiger partial charge in [-0.3, -0.25) is 0 Å². The molecule has 0 radical (unpaired) electrons. The zero-order valence-corrected chi connectivity index (χ0v) is 8.30. The van der Waals surface area contributed by atoms with Crippen molar-refractivity contribution in [3.05, 3.63) is 0 Å². The molecule has 0 fully saturated rings. The second kappa shape index (κ2) is 5.51. The summed E-state index contributed by atoms with van der Waals surface area (Å²) in [5, 5.41) is 21.1. The molecule has 3 nitrogen and oxygen atoms in total. The van der Waals surface area contributed by atoms with Crippen LogP contribution in [0.25, 0.3) is 0 Å². The van der Waals surface area contributed by atoms with Gasteiger partial charge in [0.1, 0.15) is 0 Å². The zero-order chi connectivity index (χ0) is 9.61. The first-order valence-electron chi connectivity index (χ1n) is 4.52. The first-order chi connectivity index (χ1) is 5.45. The lowest BCUT2D eigenvalue weighted by Crippen LogP contribution is -2.39. The van der Waals surface area contributed by atoms with Crippen molar-refractivity contribution in [1.82, 2.24) is 5.32 Å². The molecular weight excluding hydrogens is 154 g/mol. The average molecular weight is 175 g/mol. The van der Waals surface area contributed by atoms with E-state index in [0.29, 0.717) is 12.6 Å². The minimum atomic E-state index is -0.645. The van der Waals surface area contributed by atoms with Crippen LogP contribution in [0.5, 0.6) is 0 Å². The third kappa shape index (κ3) is 7.98. The number of aliphatic hydroxyl groups is 2. The average Bonchev–Trinajstić information content (AvgIpc) is 1.95. The van der Waals surface area contributed by atoms with E-state index < -0.39 is 5.60 Å². The Bertz CT molecular complexity index is 110. The molecule has 0 bridgehead atoms. The van der Waals surface area contributed by atoms with Crippen LogP contribution in [0.4, 0.5) is 0 Å². The molecule has 0 aliphatic rings. The van der Waals surface area contributed by atoms with Crippen LogP contribution in [-0.4, -0.2) is 35.0 Å². The van der Waals surface area contributed by atoms with Gasteiger partial charge in [-0.15, -0.1) is 0 Å². The van der Waals surface area contributed by atoms with Crippen LogP contribution < -0.4 is 5.32 Å². The van der Waals surface area contributed by atoms with Gasteiger partial charge in [0.15, 0.2) is 0 Å². The highest BCUT2D eigenvalue weighted by Gasteiger charge is 2.12. The quantitative estimate of drug-likeness (QED) is 0.551. The van der Waals surface area contributed by atoms with E-state index in [1.54, 1.807) is 13.8 Å². The van der Waals surface area contributed by atoms with Crippen molar-refractivity contribution in [3.8, 4) is 0 Å². The largest absolute Gasteiger partial charge is 0.396 e. The predicted octanol–water partition coefficient (Wildman–Crippen LogP) is 0.508. The van der Waals surface area contributed by atoms with Gasteiger partial charge in [-0.1, -0.05) is 0 Å². The molecule has 3 heteroatoms. The van der Waals surface area contributed by atoms with Gasteiger partial charge in [-0.25, -0.2) is 0 Å². The fourth-order valence-electron chi connectivity index (χ4n) is 0.924. The summed E-state index contributed by atoms with van der Waals surface area (Å²) in [5.74, 6) is 0. The summed E-state index contributed by atoms with van der Waals surface area (Å²) in [7, 11) is 0. The van der Waals surface area contributed by atoms with Crippen molar-refractivity contribution in [2.24, 2.45) is 0 Å². The number of rotatable bonds is 6. The number of aliphatic hydroxyl groups excluding tert-OH is 1. The Hall–Kier alpha value is -0.120. The lowest BCUT2D eigenvalue weighted by Gasteiger charge is -2.21. The molecule has 0 saturated heterocycles. The molecule has 0 aliphatic heterocycles. The summed E-state index contributed by atoms with van der Waals surface area (Å²) in [6, 6.07) is 0.364. The Morgan fingerprint density at radius 2 is 2.00 bits per heavy atom. The minimum Gasteiger partial charge on any atom is -0.396 e. The molecule has 12 heavy (non-hydrogen) atoms. The van der Waals surface area contributed by atoms with Crippen LogP contribution in [-0.2, 0) is 0 Å². The van der Waals surface area contributed by atoms with Crippen LogP contribution in [0.3, 0.4) is 0 Å². The van der Waals surface area contributed by atoms with Gasteiger partial charge in [-0.2, -0.15) is 0 Å². The third-order valence-corrected chi connectivity index (χ3v) is 1.68. The van der Waals surface area contributed by atoms with Crippen molar-refractivity contribution in [2.45, 2.75) is 45.3 Å². The standard InChI is InChI=1S/C9H21NO2/c1-8(5-4-6-11)10-7-9(2,3)12/h8,10-12H,4-7H2,1-3H3. The van der Waals surface area contributed by atoms with Gasteiger partial charge in [0.2, 0.25) is 0 Å². The van der Waals surface area contributed by atoms with Crippen LogP contribution in [0.15, 0.2) is 0 Å². The van der Waals surface area contributed by atoms with E-state index in [1.807, 2.05) is 0 Å². The summed E-state index contributed by atoms with van der Waals surface area (Å²) in [6.45, 7) is 6.45. The summed E-state index contributed by atoms with van der Waals surface area (Å²) >= 11 is 0. The highest BCUT2D eigenvalue weighted by atomic mass is 16.3. The second-order valence-corrected chi connectivity index (χ2v) is 3.96. The lowest BCUT2D eigenvalue weighted by molar-refractivity contribution is 0.0764. The van der Waals surface area contributed by atoms with E-state index in [9.17, 15) is 5.11 Å². The summed E-state index contributed by atoms with van der Waals surface area (Å²) in [4.78, 5) is 0. The molecule has 0 aromatic heterocycles. The van der Waals surface area contributed by atoms with Gasteiger partial charge in [0, 0.05) is 19.2 Å². The van der Waals surface area contributed by atoms with Gasteiger partial charge in [0.05, 0.1) is 5.60 Å². The minimum absolute atomic E-state index is 0.245. The molecule has 74 valence electrons. The lowest BCUT2D eigenvalue weighted by atomic mass is 10.1. The van der Waals surface area contributed by atoms with E-state index in [0.717, 1.165) is 12.8 Å². The second-order valence-electron chi connectivity index (χ2n) is 3.96. The highest BCUT2D eigenvalue weighted by Crippen LogP contribution is 2.00. The molecular formula is C9H21NO2. The SMILES string of the molecule is CC(CCCO)NCC(C)(C)O. The van der Waals surface area contributed by atoms with Gasteiger partial charge < -0.3 is 15.5 Å². The van der Waals surface area contributed by atoms with E-state index in [1.165, 1.54) is 0 Å². The Balaban J connectivity index is 3.37. The fourth-order valence-corrected chi connectivity index (χ4v) is 0.924. The summed E-state index contributed by atoms with van der Waals surface area (Å²) in [5.41, 5.74) is -0.645. The smallest absolute Gasteiger partial charge is 0.0715 e. The van der Waals surface area contributed by atoms with Crippen molar-refractivity contribution in [2.75, 3.05) is 13.2 Å². The number of hydrogen-bond acceptors (Lipinski definition) is 3. The normalized spacial score (nSPS) is 14.8. The fraction of sp³-hybridized carbons (Fsp3) is 1.00. The van der Waals surface area contributed by atoms with Crippen LogP contribution >= 0.6 is 0 Å². The monoisotopic (exact) mass is 175 g/mol. The molecule has 3 N–H and O–H groups in total. The number of hydrogen-bond donors (Lipinski definition) is 3. The maximum atomic E-state index is 9.38. The Kier molecular flexibility index (Phi) is 5.46. The molecule has 0 amide bonds. The van der Waals surface area contributed by atoms with Crippen molar-refractivity contribution < 1.29 is 10.2 Å². The maximum Gasteiger partial charge on any atom is 0.0715 e. The number of nitrogens with one attached hydrogen (secondary N) is 1. The molecule has 0 heterocycles. The Morgan fingerprint density at radius 3 is 2.42 bits per heavy atom. The predicted molar refractivity (Wildman–Crippen MR) is 50.1 cm³/mol. The summed E-state index contributed by atoms with van der Waals surface area (Å²) in [6.07, 6.45) is 1.77. The molecule has 1 unspecified atom stereocenters. The van der Waals surface area contributed by atoms with E-state index in [4.69, 9.17) is 5.11 Å². The van der Waals surface area contributed by atoms with Gasteiger partial charge in [-0.05, 0) is 33.6 Å². The van der Waals surface area contributed by atoms with Crippen LogP contribution in [0.1, 0.15) is 33.6 Å². The Labute approximate surface area is 74.8 Å². The molecule has 0 aromatic carbocycles. The first kappa shape index (κ1) is 11.9. The van der Waals surface area contributed by atoms with Crippen molar-refractivity contribution in [3.63, 3.8) is 0 Å². The topological polar surface area (TPSA) is 52.5 Å². The van der Waals surface area contributed by atoms with Crippen molar-refractivity contribution in [1.29, 1.82) is 0 Å². The van der Waals surface area contributed by atoms with E-state index in [2.05, 4.69) is 12.2 Å². The van der Waals surface area contributed by atoms with Crippen molar-refractivity contribution >= 4 is 0 Å². The van der Waals surface area contributed by atoms with Gasteiger partial charge >= 0.3 is 0 Å². The molecule has 0 aromatic rings. The molecule has 1 atom stereocenters. The summed E-state index contributed by atoms with van der Waals surface area (Å²) < 4.78 is 0. The molecule has 0 aliphatic carbocycles. The van der Waals surface area contributed by atoms with Crippen LogP contribution in [0.2, 0.25) is 0 Å². The third-order valence-electron chi connectivity index (χ3n) is 1.68. The first-order valence-corrected chi connectivity index (χ1v) is 4.52. The zero-order valence-electron chi connectivity index (χ0n) is 8.30. The van der Waals surface area contributed by atoms with Crippen LogP contribution in [0, 0.1) is 0 Å².